The smallest absolute Gasteiger partial charge is 0.658 e. The van der Waals surface area contributed by atoms with Crippen LogP contribution in [0.3, 0.4) is 0 Å². The summed E-state index contributed by atoms with van der Waals surface area (Å²) >= 11 is 0. The normalized spacial score (nSPS) is 17.3. The number of Topliss-reactive ketones (excluding diaryl/α,β-unsaturated/α-hetero) is 1. The number of carbonyl (C=O) groups excluding carboxylic acids is 2. The van der Waals surface area contributed by atoms with Gasteiger partial charge in [0.15, 0.2) is 15.6 Å². The van der Waals surface area contributed by atoms with Crippen molar-refractivity contribution in [2.45, 2.75) is 76.2 Å². The fraction of sp³-hybridized carbons (Fsp3) is 0.433. The van der Waals surface area contributed by atoms with E-state index < -0.39 is 33.6 Å². The number of amides is 2. The first kappa shape index (κ1) is 36.1. The van der Waals surface area contributed by atoms with Crippen molar-refractivity contribution in [1.82, 2.24) is 4.90 Å². The average Bonchev–Trinajstić information content (AvgIpc) is 2.88. The Morgan fingerprint density at radius 2 is 1.65 bits per heavy atom. The molecule has 0 bridgehead atoms. The Hall–Kier alpha value is -3.09. The Bertz CT molecular complexity index is 1540. The number of benzene rings is 2. The molecule has 2 aromatic carbocycles. The molecule has 8 nitrogen and oxygen atoms in total. The van der Waals surface area contributed by atoms with Gasteiger partial charge in [-0.1, -0.05) is 39.8 Å². The number of ketones is 1. The first-order valence-electron chi connectivity index (χ1n) is 13.4. The molecule has 2 aromatic rings. The van der Waals surface area contributed by atoms with Crippen molar-refractivity contribution in [2.24, 2.45) is 0 Å². The number of urea groups is 1. The van der Waals surface area contributed by atoms with Gasteiger partial charge in [-0.2, -0.15) is 18.4 Å². The molecule has 1 atom stereocenters. The standard InChI is InChI=1S/C24H20F3N3O4S.C6H14N.Li/c1-29-22(17-10-9-14(13-28)11-20(17)35(2,33)34)21-18(7-4-8-19(21)31)30(23(29)32)16-6-3-5-15(12-16)24(25,26)27;1-5(2)7-6(3)4;/h3,5-6,9-12,22H,4,7-8H2,1-2H3;5-6H,1-4H3;/q;-1;+1/t22-;;/m1../s1. The summed E-state index contributed by atoms with van der Waals surface area (Å²) in [5.74, 6) is -0.323. The molecule has 0 unspecified atom stereocenters. The Morgan fingerprint density at radius 1 is 1.02 bits per heavy atom. The summed E-state index contributed by atoms with van der Waals surface area (Å²) in [6.45, 7) is 8.39. The van der Waals surface area contributed by atoms with Crippen LogP contribution in [0.25, 0.3) is 5.32 Å². The van der Waals surface area contributed by atoms with E-state index in [0.29, 0.717) is 18.5 Å². The molecule has 0 aromatic heterocycles. The summed E-state index contributed by atoms with van der Waals surface area (Å²) in [6, 6.07) is 9.36. The van der Waals surface area contributed by atoms with Gasteiger partial charge in [0.2, 0.25) is 0 Å². The van der Waals surface area contributed by atoms with E-state index in [4.69, 9.17) is 0 Å². The van der Waals surface area contributed by atoms with E-state index in [1.54, 1.807) is 0 Å². The number of halogens is 3. The second-order valence-corrected chi connectivity index (χ2v) is 12.8. The zero-order chi connectivity index (χ0) is 31.6. The van der Waals surface area contributed by atoms with Gasteiger partial charge in [0.1, 0.15) is 0 Å². The van der Waals surface area contributed by atoms with E-state index in [9.17, 15) is 36.4 Å². The largest absolute Gasteiger partial charge is 1.00 e. The molecule has 43 heavy (non-hydrogen) atoms. The van der Waals surface area contributed by atoms with Crippen molar-refractivity contribution < 1.29 is 50.0 Å². The van der Waals surface area contributed by atoms with Crippen molar-refractivity contribution in [2.75, 3.05) is 18.2 Å². The number of allylic oxidation sites excluding steroid dienone is 1. The van der Waals surface area contributed by atoms with E-state index in [-0.39, 0.29) is 70.5 Å². The Kier molecular flexibility index (Phi) is 11.9. The number of anilines is 1. The molecule has 1 heterocycles. The van der Waals surface area contributed by atoms with Crippen LogP contribution in [-0.2, 0) is 20.8 Å². The van der Waals surface area contributed by atoms with Crippen LogP contribution in [0.15, 0.2) is 58.6 Å². The van der Waals surface area contributed by atoms with Crippen LogP contribution in [-0.4, -0.2) is 50.5 Å². The minimum absolute atomic E-state index is 0. The molecule has 2 amide bonds. The molecule has 0 N–H and O–H groups in total. The number of alkyl halides is 3. The second-order valence-electron chi connectivity index (χ2n) is 10.8. The van der Waals surface area contributed by atoms with Crippen molar-refractivity contribution in [1.29, 1.82) is 5.26 Å². The first-order chi connectivity index (χ1) is 19.5. The summed E-state index contributed by atoms with van der Waals surface area (Å²) in [6.07, 6.45) is -2.88. The Labute approximate surface area is 263 Å². The molecule has 226 valence electrons. The average molecular weight is 611 g/mol. The van der Waals surface area contributed by atoms with E-state index >= 15 is 0 Å². The first-order valence-corrected chi connectivity index (χ1v) is 15.3. The topological polar surface area (TPSA) is 113 Å². The van der Waals surface area contributed by atoms with Crippen LogP contribution in [0.4, 0.5) is 23.7 Å². The van der Waals surface area contributed by atoms with Crippen LogP contribution in [0.5, 0.6) is 0 Å². The van der Waals surface area contributed by atoms with Gasteiger partial charge in [-0.05, 0) is 48.7 Å². The quantitative estimate of drug-likeness (QED) is 0.479. The molecular weight excluding hydrogens is 576 g/mol. The maximum absolute atomic E-state index is 13.5. The van der Waals surface area contributed by atoms with E-state index in [0.717, 1.165) is 28.2 Å². The fourth-order valence-electron chi connectivity index (χ4n) is 5.17. The minimum atomic E-state index is -4.63. The minimum Gasteiger partial charge on any atom is -0.658 e. The van der Waals surface area contributed by atoms with Crippen molar-refractivity contribution in [3.05, 3.63) is 75.7 Å². The van der Waals surface area contributed by atoms with Gasteiger partial charge in [-0.25, -0.2) is 13.2 Å². The molecule has 0 fully saturated rings. The van der Waals surface area contributed by atoms with Crippen molar-refractivity contribution in [3.8, 4) is 6.07 Å². The number of nitrogens with zero attached hydrogens (tertiary/aromatic N) is 4. The van der Waals surface area contributed by atoms with E-state index in [1.807, 2.05) is 6.07 Å². The predicted molar refractivity (Wildman–Crippen MR) is 154 cm³/mol. The summed E-state index contributed by atoms with van der Waals surface area (Å²) < 4.78 is 65.2. The van der Waals surface area contributed by atoms with Gasteiger partial charge in [0.25, 0.3) is 0 Å². The summed E-state index contributed by atoms with van der Waals surface area (Å²) in [4.78, 5) is 28.7. The fourth-order valence-corrected chi connectivity index (χ4v) is 6.11. The van der Waals surface area contributed by atoms with Gasteiger partial charge in [0.05, 0.1) is 33.8 Å². The SMILES string of the molecule is CC(C)[N-]C(C)C.CN1C(=O)N(c2cccc(C(F)(F)F)c2)C2=C(C(=O)CCC2)[C@H]1c1ccc(C#N)cc1S(C)(=O)=O.[Li+]. The number of hydrogen-bond acceptors (Lipinski definition) is 5. The summed E-state index contributed by atoms with van der Waals surface area (Å²) in [5.41, 5.74) is -0.339. The third kappa shape index (κ3) is 8.30. The number of sulfone groups is 1. The Balaban J connectivity index is 0.000000721. The molecule has 13 heteroatoms. The molecule has 0 saturated carbocycles. The third-order valence-corrected chi connectivity index (χ3v) is 7.87. The van der Waals surface area contributed by atoms with Gasteiger partial charge < -0.3 is 10.2 Å². The number of rotatable bonds is 5. The molecule has 0 radical (unpaired) electrons. The molecular formula is C30H34F3LiN4O4S. The van der Waals surface area contributed by atoms with Crippen molar-refractivity contribution in [3.63, 3.8) is 0 Å². The molecule has 0 spiro atoms. The van der Waals surface area contributed by atoms with Gasteiger partial charge in [-0.15, -0.1) is 12.1 Å². The Morgan fingerprint density at radius 3 is 2.16 bits per heavy atom. The second kappa shape index (κ2) is 14.1. The van der Waals surface area contributed by atoms with Crippen LogP contribution < -0.4 is 23.8 Å². The molecule has 0 saturated heterocycles. The van der Waals surface area contributed by atoms with Gasteiger partial charge in [-0.3, -0.25) is 9.69 Å². The maximum atomic E-state index is 13.5. The van der Waals surface area contributed by atoms with Gasteiger partial charge in [0, 0.05) is 31.0 Å². The monoisotopic (exact) mass is 610 g/mol. The van der Waals surface area contributed by atoms with E-state index in [2.05, 4.69) is 33.0 Å². The zero-order valence-corrected chi connectivity index (χ0v) is 26.2. The molecule has 1 aliphatic heterocycles. The molecule has 1 aliphatic carbocycles. The van der Waals surface area contributed by atoms with Crippen LogP contribution in [0.2, 0.25) is 0 Å². The van der Waals surface area contributed by atoms with Crippen LogP contribution in [0.1, 0.15) is 69.7 Å². The van der Waals surface area contributed by atoms with Crippen LogP contribution in [0, 0.1) is 11.3 Å². The number of nitriles is 1. The third-order valence-electron chi connectivity index (χ3n) is 6.72. The maximum Gasteiger partial charge on any atom is 1.00 e. The van der Waals surface area contributed by atoms with Gasteiger partial charge >= 0.3 is 31.1 Å². The zero-order valence-electron chi connectivity index (χ0n) is 25.4. The number of likely N-dealkylation sites (N-methyl/N-ethyl adjacent to an activating group) is 1. The predicted octanol–water partition coefficient (Wildman–Crippen LogP) is 3.78. The molecule has 2 aliphatic rings. The summed E-state index contributed by atoms with van der Waals surface area (Å²) in [7, 11) is -2.50. The number of hydrogen-bond donors (Lipinski definition) is 0. The van der Waals surface area contributed by atoms with E-state index in [1.165, 1.54) is 37.4 Å². The summed E-state index contributed by atoms with van der Waals surface area (Å²) in [5, 5.41) is 13.5. The van der Waals surface area contributed by atoms with Crippen LogP contribution >= 0.6 is 0 Å². The number of carbonyl (C=O) groups is 2. The molecule has 4 rings (SSSR count). The van der Waals surface area contributed by atoms with Crippen molar-refractivity contribution >= 4 is 27.3 Å².